The highest BCUT2D eigenvalue weighted by Crippen LogP contribution is 2.46. The Hall–Kier alpha value is -3.72. The molecule has 3 heterocycles. The molecule has 4 amide bonds. The van der Waals surface area contributed by atoms with Gasteiger partial charge in [-0.25, -0.2) is 18.2 Å². The molecule has 0 radical (unpaired) electrons. The molecule has 2 aromatic rings. The van der Waals surface area contributed by atoms with Crippen molar-refractivity contribution in [2.24, 2.45) is 5.92 Å². The van der Waals surface area contributed by atoms with Crippen molar-refractivity contribution in [3.63, 3.8) is 0 Å². The van der Waals surface area contributed by atoms with Crippen LogP contribution in [0.1, 0.15) is 78.6 Å². The fourth-order valence-electron chi connectivity index (χ4n) is 6.34. The van der Waals surface area contributed by atoms with E-state index in [2.05, 4.69) is 20.3 Å². The Kier molecular flexibility index (Phi) is 9.46. The molecule has 3 N–H and O–H groups in total. The van der Waals surface area contributed by atoms with Crippen molar-refractivity contribution in [1.82, 2.24) is 25.2 Å². The van der Waals surface area contributed by atoms with Gasteiger partial charge in [0.1, 0.15) is 29.3 Å². The van der Waals surface area contributed by atoms with Crippen molar-refractivity contribution < 1.29 is 37.1 Å². The van der Waals surface area contributed by atoms with Crippen LogP contribution in [0.3, 0.4) is 0 Å². The summed E-state index contributed by atoms with van der Waals surface area (Å²) in [6.07, 6.45) is 7.05. The maximum absolute atomic E-state index is 14.3. The van der Waals surface area contributed by atoms with Crippen molar-refractivity contribution in [1.29, 1.82) is 0 Å². The lowest BCUT2D eigenvalue weighted by molar-refractivity contribution is -0.141. The van der Waals surface area contributed by atoms with E-state index < -0.39 is 74.3 Å². The largest absolute Gasteiger partial charge is 0.465 e. The summed E-state index contributed by atoms with van der Waals surface area (Å²) in [6.45, 7) is 5.24. The summed E-state index contributed by atoms with van der Waals surface area (Å²) in [7, 11) is -3.86. The van der Waals surface area contributed by atoms with E-state index in [0.29, 0.717) is 37.3 Å². The molecule has 15 heteroatoms. The van der Waals surface area contributed by atoms with E-state index in [1.807, 2.05) is 36.4 Å². The van der Waals surface area contributed by atoms with Gasteiger partial charge in [-0.2, -0.15) is 0 Å². The summed E-state index contributed by atoms with van der Waals surface area (Å²) in [5.41, 5.74) is -1.48. The Bertz CT molecular complexity index is 1680. The van der Waals surface area contributed by atoms with E-state index in [1.165, 1.54) is 16.2 Å². The summed E-state index contributed by atoms with van der Waals surface area (Å²) >= 11 is 1.35. The Labute approximate surface area is 284 Å². The second-order valence-electron chi connectivity index (χ2n) is 14.1. The van der Waals surface area contributed by atoms with E-state index in [4.69, 9.17) is 9.47 Å². The lowest BCUT2D eigenvalue weighted by atomic mass is 10.0. The van der Waals surface area contributed by atoms with Gasteiger partial charge in [0.05, 0.1) is 22.0 Å². The number of alkyl carbamates (subject to hydrolysis) is 1. The van der Waals surface area contributed by atoms with Crippen molar-refractivity contribution in [2.75, 3.05) is 6.54 Å². The van der Waals surface area contributed by atoms with Gasteiger partial charge in [0, 0.05) is 12.3 Å². The number of para-hydroxylation sites is 1. The molecular weight excluding hydrogens is 659 g/mol. The van der Waals surface area contributed by atoms with Crippen LogP contribution in [0.5, 0.6) is 5.19 Å². The predicted octanol–water partition coefficient (Wildman–Crippen LogP) is 3.54. The van der Waals surface area contributed by atoms with E-state index in [9.17, 15) is 27.6 Å². The standard InChI is InChI=1S/C33H43N5O8S2/c1-32(2,3)46-30(42)34-24-13-8-6-4-5-7-11-20-18-33(20,29(41)37-48(43,44)22-15-16-22)36-27(39)25-17-21(19-38(25)28(24)40)45-31-35-23-12-9-10-14-26(23)47-31/h7,9-12,14,20-22,24-25H,4-6,8,13,15-19H2,1-3H3,(H,34,42)(H,36,39)(H,37,41)/b11-7-/t20-,21+,24-,25-,33+/m0/s1. The summed E-state index contributed by atoms with van der Waals surface area (Å²) in [5, 5.41) is 5.38. The maximum Gasteiger partial charge on any atom is 0.408 e. The molecule has 0 unspecified atom stereocenters. The zero-order valence-corrected chi connectivity index (χ0v) is 29.0. The average Bonchev–Trinajstić information content (AvgIpc) is 3.89. The number of ether oxygens (including phenoxy) is 2. The Morgan fingerprint density at radius 2 is 1.88 bits per heavy atom. The Morgan fingerprint density at radius 3 is 2.60 bits per heavy atom. The zero-order valence-electron chi connectivity index (χ0n) is 27.4. The number of aromatic nitrogens is 1. The van der Waals surface area contributed by atoms with Crippen molar-refractivity contribution >= 4 is 55.4 Å². The number of rotatable bonds is 6. The number of benzene rings is 1. The molecule has 1 saturated heterocycles. The maximum atomic E-state index is 14.3. The van der Waals surface area contributed by atoms with Crippen LogP contribution in [0.2, 0.25) is 0 Å². The average molecular weight is 702 g/mol. The van der Waals surface area contributed by atoms with Crippen LogP contribution in [-0.2, 0) is 29.1 Å². The molecule has 260 valence electrons. The molecular formula is C33H43N5O8S2. The number of hydrogen-bond acceptors (Lipinski definition) is 10. The first kappa shape index (κ1) is 34.2. The van der Waals surface area contributed by atoms with Crippen LogP contribution in [0.25, 0.3) is 10.2 Å². The van der Waals surface area contributed by atoms with Gasteiger partial charge in [0.2, 0.25) is 21.8 Å². The zero-order chi connectivity index (χ0) is 34.3. The second kappa shape index (κ2) is 13.3. The Morgan fingerprint density at radius 1 is 1.10 bits per heavy atom. The molecule has 0 bridgehead atoms. The minimum Gasteiger partial charge on any atom is -0.465 e. The molecule has 5 atom stereocenters. The van der Waals surface area contributed by atoms with Gasteiger partial charge in [-0.05, 0) is 71.4 Å². The summed E-state index contributed by atoms with van der Waals surface area (Å²) in [4.78, 5) is 60.8. The predicted molar refractivity (Wildman–Crippen MR) is 179 cm³/mol. The fourth-order valence-corrected chi connectivity index (χ4v) is 8.59. The first-order valence-corrected chi connectivity index (χ1v) is 19.0. The lowest BCUT2D eigenvalue weighted by Crippen LogP contribution is -2.58. The minimum atomic E-state index is -3.86. The van der Waals surface area contributed by atoms with Gasteiger partial charge in [0.15, 0.2) is 0 Å². The fraction of sp³-hybridized carbons (Fsp3) is 0.606. The molecule has 6 rings (SSSR count). The van der Waals surface area contributed by atoms with E-state index >= 15 is 0 Å². The number of thiazole rings is 1. The highest BCUT2D eigenvalue weighted by Gasteiger charge is 2.62. The summed E-state index contributed by atoms with van der Waals surface area (Å²) in [5.74, 6) is -2.24. The van der Waals surface area contributed by atoms with Gasteiger partial charge in [-0.1, -0.05) is 48.5 Å². The number of amides is 4. The van der Waals surface area contributed by atoms with Crippen LogP contribution >= 0.6 is 11.3 Å². The Balaban J connectivity index is 1.28. The second-order valence-corrected chi connectivity index (χ2v) is 17.1. The molecule has 4 aliphatic rings. The van der Waals surface area contributed by atoms with Crippen molar-refractivity contribution in [3.05, 3.63) is 36.4 Å². The topological polar surface area (TPSA) is 173 Å². The number of nitrogens with one attached hydrogen (secondary N) is 3. The van der Waals surface area contributed by atoms with Crippen LogP contribution in [0.4, 0.5) is 4.79 Å². The van der Waals surface area contributed by atoms with E-state index in [0.717, 1.165) is 23.1 Å². The van der Waals surface area contributed by atoms with Crippen LogP contribution in [-0.4, -0.2) is 83.2 Å². The monoisotopic (exact) mass is 701 g/mol. The molecule has 0 spiro atoms. The molecule has 1 aromatic carbocycles. The van der Waals surface area contributed by atoms with Crippen LogP contribution in [0.15, 0.2) is 36.4 Å². The number of fused-ring (bicyclic) bond motifs is 3. The highest BCUT2D eigenvalue weighted by atomic mass is 32.2. The normalized spacial score (nSPS) is 29.0. The SMILES string of the molecule is CC(C)(C)OC(=O)N[C@H]1CCCCC/C=C\[C@H]2C[C@@]2(C(=O)NS(=O)(=O)C2CC2)NC(=O)[C@@H]2C[C@@H](Oc3nc4ccccc4s3)CN2C1=O. The molecule has 3 fully saturated rings. The molecule has 13 nitrogen and oxygen atoms in total. The number of hydrogen-bond donors (Lipinski definition) is 3. The third-order valence-electron chi connectivity index (χ3n) is 9.08. The molecule has 2 aliphatic heterocycles. The van der Waals surface area contributed by atoms with Crippen molar-refractivity contribution in [2.45, 2.75) is 113 Å². The molecule has 48 heavy (non-hydrogen) atoms. The summed E-state index contributed by atoms with van der Waals surface area (Å²) in [6, 6.07) is 5.56. The first-order chi connectivity index (χ1) is 22.7. The molecule has 1 aromatic heterocycles. The number of allylic oxidation sites excluding steroid dienone is 1. The number of sulfonamides is 1. The molecule has 2 saturated carbocycles. The third kappa shape index (κ3) is 7.77. The van der Waals surface area contributed by atoms with Gasteiger partial charge < -0.3 is 25.0 Å². The van der Waals surface area contributed by atoms with Gasteiger partial charge in [-0.15, -0.1) is 0 Å². The van der Waals surface area contributed by atoms with Crippen LogP contribution in [0, 0.1) is 5.92 Å². The van der Waals surface area contributed by atoms with Gasteiger partial charge in [0.25, 0.3) is 11.1 Å². The quantitative estimate of drug-likeness (QED) is 0.381. The number of carbonyl (C=O) groups excluding carboxylic acids is 4. The highest BCUT2D eigenvalue weighted by molar-refractivity contribution is 7.91. The van der Waals surface area contributed by atoms with E-state index in [-0.39, 0.29) is 19.4 Å². The van der Waals surface area contributed by atoms with E-state index in [1.54, 1.807) is 20.8 Å². The first-order valence-electron chi connectivity index (χ1n) is 16.6. The smallest absolute Gasteiger partial charge is 0.408 e. The molecule has 2 aliphatic carbocycles. The van der Waals surface area contributed by atoms with Crippen molar-refractivity contribution in [3.8, 4) is 5.19 Å². The number of nitrogens with zero attached hydrogens (tertiary/aromatic N) is 2. The third-order valence-corrected chi connectivity index (χ3v) is 11.8. The van der Waals surface area contributed by atoms with Gasteiger partial charge >= 0.3 is 6.09 Å². The number of carbonyl (C=O) groups is 4. The lowest BCUT2D eigenvalue weighted by Gasteiger charge is -2.30. The van der Waals surface area contributed by atoms with Gasteiger partial charge in [-0.3, -0.25) is 19.1 Å². The summed E-state index contributed by atoms with van der Waals surface area (Å²) < 4.78 is 40.3. The minimum absolute atomic E-state index is 0.0396. The van der Waals surface area contributed by atoms with Crippen LogP contribution < -0.4 is 20.1 Å².